The molecule has 0 radical (unpaired) electrons. The number of fused-ring (bicyclic) bond motifs is 1. The topological polar surface area (TPSA) is 129 Å². The zero-order chi connectivity index (χ0) is 23.5. The number of methoxy groups -OCH3 is 3. The van der Waals surface area contributed by atoms with Crippen molar-refractivity contribution in [1.82, 2.24) is 10.2 Å². The Kier molecular flexibility index (Phi) is 6.30. The number of hydrogen-bond acceptors (Lipinski definition) is 6. The molecule has 0 saturated carbocycles. The van der Waals surface area contributed by atoms with Gasteiger partial charge in [0.25, 0.3) is 5.56 Å². The largest absolute Gasteiger partial charge is 0.496 e. The van der Waals surface area contributed by atoms with Crippen LogP contribution in [0, 0.1) is 0 Å². The lowest BCUT2D eigenvalue weighted by atomic mass is 9.86. The molecule has 1 aromatic heterocycles. The SMILES string of the molecule is COc1cc(OC)c(C(CC(N)=O)c2c(Cc3ccc4c(c3)CCO4)[nH][nH]c2=O)cc1OC. The summed E-state index contributed by atoms with van der Waals surface area (Å²) in [4.78, 5) is 25.0. The first-order chi connectivity index (χ1) is 15.9. The molecule has 3 aromatic rings. The second kappa shape index (κ2) is 9.32. The molecule has 1 atom stereocenters. The van der Waals surface area contributed by atoms with E-state index in [1.54, 1.807) is 12.1 Å². The lowest BCUT2D eigenvalue weighted by Gasteiger charge is -2.21. The van der Waals surface area contributed by atoms with Crippen LogP contribution in [0.15, 0.2) is 35.1 Å². The fourth-order valence-electron chi connectivity index (χ4n) is 4.36. The second-order valence-corrected chi connectivity index (χ2v) is 7.86. The maximum atomic E-state index is 12.9. The number of aromatic nitrogens is 2. The first kappa shape index (κ1) is 22.3. The Labute approximate surface area is 190 Å². The van der Waals surface area contributed by atoms with Crippen molar-refractivity contribution in [2.24, 2.45) is 5.73 Å². The average molecular weight is 453 g/mol. The summed E-state index contributed by atoms with van der Waals surface area (Å²) in [6.07, 6.45) is 1.23. The van der Waals surface area contributed by atoms with Gasteiger partial charge in [-0.25, -0.2) is 0 Å². The van der Waals surface area contributed by atoms with Crippen LogP contribution >= 0.6 is 0 Å². The molecule has 1 amide bonds. The van der Waals surface area contributed by atoms with E-state index in [1.807, 2.05) is 12.1 Å². The van der Waals surface area contributed by atoms with Crippen LogP contribution in [0.4, 0.5) is 0 Å². The molecule has 174 valence electrons. The van der Waals surface area contributed by atoms with Crippen LogP contribution in [0.5, 0.6) is 23.0 Å². The fraction of sp³-hybridized carbons (Fsp3) is 0.333. The minimum absolute atomic E-state index is 0.0855. The third-order valence-electron chi connectivity index (χ3n) is 5.90. The number of benzene rings is 2. The number of aromatic amines is 2. The Bertz CT molecular complexity index is 1230. The molecule has 9 nitrogen and oxygen atoms in total. The maximum Gasteiger partial charge on any atom is 0.267 e. The van der Waals surface area contributed by atoms with Crippen molar-refractivity contribution in [3.05, 3.63) is 68.6 Å². The van der Waals surface area contributed by atoms with Gasteiger partial charge in [0.1, 0.15) is 11.5 Å². The number of carbonyl (C=O) groups excluding carboxylic acids is 1. The predicted molar refractivity (Wildman–Crippen MR) is 122 cm³/mol. The first-order valence-electron chi connectivity index (χ1n) is 10.6. The molecule has 2 aromatic carbocycles. The number of carbonyl (C=O) groups is 1. The zero-order valence-electron chi connectivity index (χ0n) is 18.8. The van der Waals surface area contributed by atoms with Crippen LogP contribution in [0.25, 0.3) is 0 Å². The predicted octanol–water partition coefficient (Wildman–Crippen LogP) is 2.26. The second-order valence-electron chi connectivity index (χ2n) is 7.86. The Morgan fingerprint density at radius 3 is 2.48 bits per heavy atom. The number of hydrogen-bond donors (Lipinski definition) is 3. The Morgan fingerprint density at radius 2 is 1.79 bits per heavy atom. The Hall–Kier alpha value is -3.88. The van der Waals surface area contributed by atoms with Gasteiger partial charge in [0.15, 0.2) is 11.5 Å². The maximum absolute atomic E-state index is 12.9. The Morgan fingerprint density at radius 1 is 1.06 bits per heavy atom. The molecule has 0 bridgehead atoms. The van der Waals surface area contributed by atoms with Gasteiger partial charge in [0.05, 0.1) is 27.9 Å². The van der Waals surface area contributed by atoms with Crippen molar-refractivity contribution in [1.29, 1.82) is 0 Å². The molecule has 0 fully saturated rings. The van der Waals surface area contributed by atoms with Crippen LogP contribution in [0.3, 0.4) is 0 Å². The van der Waals surface area contributed by atoms with Crippen molar-refractivity contribution in [2.75, 3.05) is 27.9 Å². The van der Waals surface area contributed by atoms with Gasteiger partial charge in [-0.2, -0.15) is 0 Å². The molecule has 2 heterocycles. The standard InChI is InChI=1S/C24H27N3O6/c1-30-19-12-21(32-3)20(31-2)10-15(19)16(11-22(25)28)23-17(26-27-24(23)29)9-13-4-5-18-14(8-13)6-7-33-18/h4-5,8,10,12,16H,6-7,9,11H2,1-3H3,(H2,25,28)(H2,26,27,29). The quantitative estimate of drug-likeness (QED) is 0.456. The molecule has 0 aliphatic carbocycles. The highest BCUT2D eigenvalue weighted by atomic mass is 16.5. The van der Waals surface area contributed by atoms with Gasteiger partial charge in [-0.3, -0.25) is 14.7 Å². The van der Waals surface area contributed by atoms with E-state index in [0.29, 0.717) is 47.1 Å². The highest BCUT2D eigenvalue weighted by molar-refractivity contribution is 5.76. The third kappa shape index (κ3) is 4.39. The van der Waals surface area contributed by atoms with Gasteiger partial charge in [-0.15, -0.1) is 0 Å². The van der Waals surface area contributed by atoms with Gasteiger partial charge in [-0.05, 0) is 23.3 Å². The number of rotatable bonds is 9. The highest BCUT2D eigenvalue weighted by Crippen LogP contribution is 2.41. The van der Waals surface area contributed by atoms with Crippen LogP contribution in [0.1, 0.15) is 40.3 Å². The van der Waals surface area contributed by atoms with Crippen molar-refractivity contribution >= 4 is 5.91 Å². The average Bonchev–Trinajstić information content (AvgIpc) is 3.42. The van der Waals surface area contributed by atoms with Gasteiger partial charge in [0, 0.05) is 48.1 Å². The molecule has 0 saturated heterocycles. The molecule has 1 aliphatic heterocycles. The molecule has 4 rings (SSSR count). The van der Waals surface area contributed by atoms with E-state index in [1.165, 1.54) is 21.3 Å². The van der Waals surface area contributed by atoms with Gasteiger partial charge in [0.2, 0.25) is 5.91 Å². The normalized spacial score (nSPS) is 13.2. The lowest BCUT2D eigenvalue weighted by Crippen LogP contribution is -2.21. The summed E-state index contributed by atoms with van der Waals surface area (Å²) in [5, 5.41) is 5.65. The van der Waals surface area contributed by atoms with E-state index < -0.39 is 11.8 Å². The van der Waals surface area contributed by atoms with E-state index in [0.717, 1.165) is 23.3 Å². The smallest absolute Gasteiger partial charge is 0.267 e. The summed E-state index contributed by atoms with van der Waals surface area (Å²) in [5.41, 5.74) is 9.13. The van der Waals surface area contributed by atoms with Gasteiger partial charge >= 0.3 is 0 Å². The number of nitrogens with two attached hydrogens (primary N) is 1. The zero-order valence-corrected chi connectivity index (χ0v) is 18.8. The molecule has 33 heavy (non-hydrogen) atoms. The van der Waals surface area contributed by atoms with E-state index in [-0.39, 0.29) is 12.0 Å². The Balaban J connectivity index is 1.80. The third-order valence-corrected chi connectivity index (χ3v) is 5.90. The lowest BCUT2D eigenvalue weighted by molar-refractivity contribution is -0.118. The summed E-state index contributed by atoms with van der Waals surface area (Å²) >= 11 is 0. The van der Waals surface area contributed by atoms with Crippen LogP contribution in [-0.4, -0.2) is 44.0 Å². The van der Waals surface area contributed by atoms with Crippen LogP contribution in [-0.2, 0) is 17.6 Å². The molecule has 9 heteroatoms. The summed E-state index contributed by atoms with van der Waals surface area (Å²) in [6.45, 7) is 0.671. The fourth-order valence-corrected chi connectivity index (χ4v) is 4.36. The van der Waals surface area contributed by atoms with Crippen molar-refractivity contribution in [2.45, 2.75) is 25.2 Å². The number of amides is 1. The first-order valence-corrected chi connectivity index (χ1v) is 10.6. The molecule has 0 spiro atoms. The van der Waals surface area contributed by atoms with Gasteiger partial charge in [-0.1, -0.05) is 12.1 Å². The molecular weight excluding hydrogens is 426 g/mol. The molecule has 1 aliphatic rings. The van der Waals surface area contributed by atoms with Crippen molar-refractivity contribution < 1.29 is 23.7 Å². The van der Waals surface area contributed by atoms with E-state index >= 15 is 0 Å². The van der Waals surface area contributed by atoms with Crippen LogP contribution < -0.4 is 30.2 Å². The monoisotopic (exact) mass is 453 g/mol. The molecular formula is C24H27N3O6. The molecule has 4 N–H and O–H groups in total. The van der Waals surface area contributed by atoms with Gasteiger partial charge < -0.3 is 29.8 Å². The van der Waals surface area contributed by atoms with Crippen molar-refractivity contribution in [3.63, 3.8) is 0 Å². The van der Waals surface area contributed by atoms with Crippen LogP contribution in [0.2, 0.25) is 0 Å². The summed E-state index contributed by atoms with van der Waals surface area (Å²) in [6, 6.07) is 9.38. The minimum Gasteiger partial charge on any atom is -0.496 e. The number of primary amides is 1. The highest BCUT2D eigenvalue weighted by Gasteiger charge is 2.29. The number of H-pyrrole nitrogens is 2. The van der Waals surface area contributed by atoms with E-state index in [2.05, 4.69) is 16.3 Å². The van der Waals surface area contributed by atoms with E-state index in [9.17, 15) is 9.59 Å². The molecule has 1 unspecified atom stereocenters. The summed E-state index contributed by atoms with van der Waals surface area (Å²) in [5.74, 6) is 1.08. The summed E-state index contributed by atoms with van der Waals surface area (Å²) in [7, 11) is 4.55. The van der Waals surface area contributed by atoms with E-state index in [4.69, 9.17) is 24.7 Å². The summed E-state index contributed by atoms with van der Waals surface area (Å²) < 4.78 is 22.0. The number of nitrogens with one attached hydrogen (secondary N) is 2. The number of ether oxygens (including phenoxy) is 4. The van der Waals surface area contributed by atoms with Crippen molar-refractivity contribution in [3.8, 4) is 23.0 Å². The minimum atomic E-state index is -0.653.